The summed E-state index contributed by atoms with van der Waals surface area (Å²) >= 11 is 12.2. The molecule has 0 saturated carbocycles. The first-order valence-electron chi connectivity index (χ1n) is 8.36. The third-order valence-corrected chi connectivity index (χ3v) is 5.25. The second-order valence-corrected chi connectivity index (χ2v) is 7.17. The molecule has 1 aromatic carbocycles. The van der Waals surface area contributed by atoms with Gasteiger partial charge in [-0.15, -0.1) is 0 Å². The van der Waals surface area contributed by atoms with Crippen LogP contribution in [0.15, 0.2) is 58.1 Å². The van der Waals surface area contributed by atoms with Gasteiger partial charge in [0.15, 0.2) is 0 Å². The number of aryl methyl sites for hydroxylation is 2. The Morgan fingerprint density at radius 3 is 2.67 bits per heavy atom. The molecule has 0 radical (unpaired) electrons. The average molecular weight is 401 g/mol. The highest BCUT2D eigenvalue weighted by molar-refractivity contribution is 6.42. The van der Waals surface area contributed by atoms with E-state index in [1.165, 1.54) is 0 Å². The number of nitrogens with zero attached hydrogens (tertiary/aromatic N) is 3. The van der Waals surface area contributed by atoms with Crippen LogP contribution < -0.4 is 10.1 Å². The van der Waals surface area contributed by atoms with Crippen molar-refractivity contribution in [2.45, 2.75) is 20.4 Å². The van der Waals surface area contributed by atoms with Gasteiger partial charge in [0.25, 0.3) is 5.65 Å². The molecule has 0 saturated heterocycles. The molecule has 0 aliphatic rings. The highest BCUT2D eigenvalue weighted by Crippen LogP contribution is 2.24. The van der Waals surface area contributed by atoms with E-state index >= 15 is 0 Å². The minimum atomic E-state index is -0.120. The van der Waals surface area contributed by atoms with E-state index in [9.17, 15) is 4.79 Å². The minimum Gasteiger partial charge on any atom is -0.361 e. The van der Waals surface area contributed by atoms with Gasteiger partial charge >= 0.3 is 5.56 Å². The lowest BCUT2D eigenvalue weighted by Crippen LogP contribution is -2.40. The zero-order valence-electron chi connectivity index (χ0n) is 14.7. The lowest BCUT2D eigenvalue weighted by atomic mass is 10.1. The number of halogens is 2. The summed E-state index contributed by atoms with van der Waals surface area (Å²) in [6.07, 6.45) is 3.59. The normalized spacial score (nSPS) is 11.3. The fourth-order valence-corrected chi connectivity index (χ4v) is 3.57. The van der Waals surface area contributed by atoms with Crippen LogP contribution >= 0.6 is 23.2 Å². The molecule has 5 nitrogen and oxygen atoms in total. The van der Waals surface area contributed by atoms with Crippen LogP contribution in [0.4, 0.5) is 0 Å². The van der Waals surface area contributed by atoms with Gasteiger partial charge in [-0.25, -0.2) is 9.36 Å². The Bertz CT molecular complexity index is 1210. The fraction of sp³-hybridized carbons (Fsp3) is 0.150. The van der Waals surface area contributed by atoms with Gasteiger partial charge in [-0.2, -0.15) is 4.40 Å². The number of hydrogen-bond acceptors (Lipinski definition) is 3. The van der Waals surface area contributed by atoms with E-state index < -0.39 is 0 Å². The second kappa shape index (κ2) is 6.83. The van der Waals surface area contributed by atoms with Crippen molar-refractivity contribution in [1.29, 1.82) is 0 Å². The lowest BCUT2D eigenvalue weighted by Gasteiger charge is -2.08. The zero-order chi connectivity index (χ0) is 19.1. The summed E-state index contributed by atoms with van der Waals surface area (Å²) < 4.78 is 8.89. The standard InChI is InChI=1S/C20H16Cl2N3O2/c1-12-19(13(2)27-23-12)15-11-24(10-14-6-7-16(21)17(22)9-14)18-5-3-4-8-25(18)20(15)26/h3-9,11H,10H2,1-2H3/q+1. The van der Waals surface area contributed by atoms with E-state index in [1.807, 2.05) is 48.0 Å². The highest BCUT2D eigenvalue weighted by atomic mass is 35.5. The van der Waals surface area contributed by atoms with Gasteiger partial charge < -0.3 is 4.52 Å². The van der Waals surface area contributed by atoms with E-state index in [2.05, 4.69) is 5.16 Å². The molecule has 0 bridgehead atoms. The van der Waals surface area contributed by atoms with E-state index in [0.717, 1.165) is 16.8 Å². The molecular weight excluding hydrogens is 385 g/mol. The molecule has 0 amide bonds. The van der Waals surface area contributed by atoms with Crippen molar-refractivity contribution in [3.63, 3.8) is 0 Å². The lowest BCUT2D eigenvalue weighted by molar-refractivity contribution is -0.665. The van der Waals surface area contributed by atoms with Crippen molar-refractivity contribution in [1.82, 2.24) is 9.56 Å². The highest BCUT2D eigenvalue weighted by Gasteiger charge is 2.22. The summed E-state index contributed by atoms with van der Waals surface area (Å²) in [7, 11) is 0. The van der Waals surface area contributed by atoms with Crippen LogP contribution in [0, 0.1) is 13.8 Å². The largest absolute Gasteiger partial charge is 0.361 e. The maximum atomic E-state index is 13.1. The van der Waals surface area contributed by atoms with E-state index in [1.54, 1.807) is 23.6 Å². The summed E-state index contributed by atoms with van der Waals surface area (Å²) in [5.74, 6) is 0.613. The van der Waals surface area contributed by atoms with Crippen LogP contribution in [0.3, 0.4) is 0 Å². The Labute approximate surface area is 165 Å². The van der Waals surface area contributed by atoms with Gasteiger partial charge in [0, 0.05) is 6.07 Å². The Kier molecular flexibility index (Phi) is 4.50. The van der Waals surface area contributed by atoms with E-state index in [4.69, 9.17) is 27.7 Å². The molecule has 0 aliphatic carbocycles. The Balaban J connectivity index is 1.95. The van der Waals surface area contributed by atoms with E-state index in [-0.39, 0.29) is 5.56 Å². The van der Waals surface area contributed by atoms with Crippen LogP contribution in [0.5, 0.6) is 0 Å². The second-order valence-electron chi connectivity index (χ2n) is 6.35. The molecular formula is C20H16Cl2N3O2+. The summed E-state index contributed by atoms with van der Waals surface area (Å²) in [6.45, 7) is 4.16. The molecule has 4 aromatic rings. The molecule has 136 valence electrons. The van der Waals surface area contributed by atoms with Crippen LogP contribution in [-0.2, 0) is 6.54 Å². The fourth-order valence-electron chi connectivity index (χ4n) is 3.25. The third-order valence-electron chi connectivity index (χ3n) is 4.51. The molecule has 27 heavy (non-hydrogen) atoms. The molecule has 0 spiro atoms. The van der Waals surface area contributed by atoms with Crippen molar-refractivity contribution < 1.29 is 9.09 Å². The number of aromatic nitrogens is 3. The molecule has 3 heterocycles. The predicted octanol–water partition coefficient (Wildman–Crippen LogP) is 4.21. The molecule has 7 heteroatoms. The number of rotatable bonds is 3. The van der Waals surface area contributed by atoms with Gasteiger partial charge in [-0.3, -0.25) is 0 Å². The summed E-state index contributed by atoms with van der Waals surface area (Å²) in [4.78, 5) is 13.1. The third kappa shape index (κ3) is 3.13. The zero-order valence-corrected chi connectivity index (χ0v) is 16.3. The Morgan fingerprint density at radius 1 is 1.15 bits per heavy atom. The summed E-state index contributed by atoms with van der Waals surface area (Å²) in [5.41, 5.74) is 3.57. The quantitative estimate of drug-likeness (QED) is 0.483. The van der Waals surface area contributed by atoms with Crippen molar-refractivity contribution in [3.05, 3.63) is 86.2 Å². The molecule has 0 N–H and O–H groups in total. The van der Waals surface area contributed by atoms with Crippen LogP contribution in [-0.4, -0.2) is 9.56 Å². The molecule has 0 aliphatic heterocycles. The van der Waals surface area contributed by atoms with Crippen molar-refractivity contribution in [2.24, 2.45) is 0 Å². The first kappa shape index (κ1) is 17.8. The maximum absolute atomic E-state index is 13.1. The summed E-state index contributed by atoms with van der Waals surface area (Å²) in [5, 5.41) is 4.99. The topological polar surface area (TPSA) is 51.4 Å². The smallest absolute Gasteiger partial charge is 0.350 e. The predicted molar refractivity (Wildman–Crippen MR) is 104 cm³/mol. The number of hydrogen-bond donors (Lipinski definition) is 0. The van der Waals surface area contributed by atoms with Gasteiger partial charge in [-0.1, -0.05) is 40.5 Å². The van der Waals surface area contributed by atoms with Gasteiger partial charge in [0.05, 0.1) is 27.5 Å². The van der Waals surface area contributed by atoms with E-state index in [0.29, 0.717) is 33.6 Å². The SMILES string of the molecule is Cc1noc(C)c1-c1c[n+](Cc2ccc(Cl)c(Cl)c2)c2ccccn2c1=O. The van der Waals surface area contributed by atoms with Crippen LogP contribution in [0.1, 0.15) is 17.0 Å². The summed E-state index contributed by atoms with van der Waals surface area (Å²) in [6, 6.07) is 11.1. The van der Waals surface area contributed by atoms with Crippen molar-refractivity contribution in [3.8, 4) is 11.1 Å². The Morgan fingerprint density at radius 2 is 1.96 bits per heavy atom. The average Bonchev–Trinajstić information content (AvgIpc) is 2.99. The number of pyridine rings is 1. The van der Waals surface area contributed by atoms with Crippen molar-refractivity contribution in [2.75, 3.05) is 0 Å². The number of benzene rings is 1. The van der Waals surface area contributed by atoms with Gasteiger partial charge in [-0.05, 0) is 37.6 Å². The van der Waals surface area contributed by atoms with Crippen molar-refractivity contribution >= 4 is 28.8 Å². The Hall–Kier alpha value is -2.63. The maximum Gasteiger partial charge on any atom is 0.350 e. The first-order chi connectivity index (χ1) is 13.0. The molecule has 0 atom stereocenters. The van der Waals surface area contributed by atoms with Gasteiger partial charge in [0.1, 0.15) is 24.1 Å². The minimum absolute atomic E-state index is 0.120. The first-order valence-corrected chi connectivity index (χ1v) is 9.12. The van der Waals surface area contributed by atoms with Crippen LogP contribution in [0.25, 0.3) is 16.8 Å². The molecule has 3 aromatic heterocycles. The van der Waals surface area contributed by atoms with Crippen LogP contribution in [0.2, 0.25) is 10.0 Å². The molecule has 4 rings (SSSR count). The number of fused-ring (bicyclic) bond motifs is 1. The monoisotopic (exact) mass is 400 g/mol. The van der Waals surface area contributed by atoms with Gasteiger partial charge in [0.2, 0.25) is 0 Å². The molecule has 0 fully saturated rings. The molecule has 0 unspecified atom stereocenters.